The number of carbonyl (C=O) groups excluding carboxylic acids is 1. The van der Waals surface area contributed by atoms with Gasteiger partial charge in [-0.3, -0.25) is 9.59 Å². The number of carbonyl (C=O) groups is 2. The number of rotatable bonds is 15. The van der Waals surface area contributed by atoms with Crippen molar-refractivity contribution in [3.63, 3.8) is 0 Å². The molecule has 1 amide bonds. The zero-order valence-corrected chi connectivity index (χ0v) is 22.4. The van der Waals surface area contributed by atoms with Crippen molar-refractivity contribution in [1.82, 2.24) is 4.90 Å². The van der Waals surface area contributed by atoms with Crippen molar-refractivity contribution < 1.29 is 23.8 Å². The average molecular weight is 520 g/mol. The third-order valence-corrected chi connectivity index (χ3v) is 6.56. The first kappa shape index (κ1) is 28.9. The fraction of sp³-hybridized carbons (Fsp3) is 0.375. The monoisotopic (exact) mass is 519 g/mol. The highest BCUT2D eigenvalue weighted by atomic mass is 19.1. The fourth-order valence-electron chi connectivity index (χ4n) is 4.34. The molecule has 6 heteroatoms. The number of aryl methyl sites for hydroxylation is 1. The molecule has 3 aromatic carbocycles. The van der Waals surface area contributed by atoms with E-state index in [2.05, 4.69) is 13.0 Å². The van der Waals surface area contributed by atoms with Gasteiger partial charge in [0.25, 0.3) is 0 Å². The molecular formula is C32H38FNO4. The average Bonchev–Trinajstić information content (AvgIpc) is 2.91. The van der Waals surface area contributed by atoms with Gasteiger partial charge in [0.05, 0.1) is 0 Å². The molecule has 1 N–H and O–H groups in total. The Morgan fingerprint density at radius 1 is 0.868 bits per heavy atom. The molecule has 0 atom stereocenters. The molecule has 0 heterocycles. The number of benzene rings is 3. The molecule has 202 valence electrons. The number of nitrogens with zero attached hydrogens (tertiary/aromatic N) is 1. The van der Waals surface area contributed by atoms with E-state index in [9.17, 15) is 14.0 Å². The Hall–Kier alpha value is -3.67. The van der Waals surface area contributed by atoms with E-state index < -0.39 is 5.97 Å². The van der Waals surface area contributed by atoms with Crippen molar-refractivity contribution in [2.75, 3.05) is 7.05 Å². The minimum Gasteiger partial charge on any atom is -0.488 e. The highest BCUT2D eigenvalue weighted by Crippen LogP contribution is 2.33. The van der Waals surface area contributed by atoms with Gasteiger partial charge in [0.2, 0.25) is 5.91 Å². The SMILES string of the molecule is CCCCCCCC(=O)N(C)Cc1cccc(-c2ccc(CCC(=O)O)cc2OCc2ccc(F)cc2)c1. The van der Waals surface area contributed by atoms with Crippen molar-refractivity contribution in [3.8, 4) is 16.9 Å². The molecule has 38 heavy (non-hydrogen) atoms. The van der Waals surface area contributed by atoms with Crippen LogP contribution in [0.15, 0.2) is 66.7 Å². The molecule has 0 aliphatic heterocycles. The number of ether oxygens (including phenoxy) is 1. The summed E-state index contributed by atoms with van der Waals surface area (Å²) < 4.78 is 19.5. The first-order valence-corrected chi connectivity index (χ1v) is 13.4. The minimum absolute atomic E-state index is 0.0329. The molecule has 5 nitrogen and oxygen atoms in total. The van der Waals surface area contributed by atoms with E-state index in [0.717, 1.165) is 40.7 Å². The molecule has 0 saturated carbocycles. The molecule has 3 rings (SSSR count). The van der Waals surface area contributed by atoms with Crippen LogP contribution in [-0.4, -0.2) is 28.9 Å². The Morgan fingerprint density at radius 3 is 2.34 bits per heavy atom. The van der Waals surface area contributed by atoms with Crippen LogP contribution in [0.25, 0.3) is 11.1 Å². The van der Waals surface area contributed by atoms with Gasteiger partial charge in [0.15, 0.2) is 0 Å². The summed E-state index contributed by atoms with van der Waals surface area (Å²) in [7, 11) is 1.84. The van der Waals surface area contributed by atoms with Gasteiger partial charge in [-0.2, -0.15) is 0 Å². The summed E-state index contributed by atoms with van der Waals surface area (Å²) in [5.74, 6) is -0.374. The predicted octanol–water partition coefficient (Wildman–Crippen LogP) is 7.41. The van der Waals surface area contributed by atoms with E-state index >= 15 is 0 Å². The third-order valence-electron chi connectivity index (χ3n) is 6.56. The highest BCUT2D eigenvalue weighted by Gasteiger charge is 2.13. The maximum absolute atomic E-state index is 13.3. The van der Waals surface area contributed by atoms with Crippen molar-refractivity contribution in [3.05, 3.63) is 89.2 Å². The second-order valence-electron chi connectivity index (χ2n) is 9.75. The van der Waals surface area contributed by atoms with Crippen LogP contribution >= 0.6 is 0 Å². The summed E-state index contributed by atoms with van der Waals surface area (Å²) >= 11 is 0. The van der Waals surface area contributed by atoms with Crippen molar-refractivity contribution in [2.24, 2.45) is 0 Å². The minimum atomic E-state index is -0.852. The topological polar surface area (TPSA) is 66.8 Å². The summed E-state index contributed by atoms with van der Waals surface area (Å²) in [6.07, 6.45) is 6.59. The van der Waals surface area contributed by atoms with E-state index in [1.54, 1.807) is 17.0 Å². The number of hydrogen-bond acceptors (Lipinski definition) is 3. The largest absolute Gasteiger partial charge is 0.488 e. The van der Waals surface area contributed by atoms with E-state index in [1.165, 1.54) is 31.4 Å². The van der Waals surface area contributed by atoms with E-state index in [0.29, 0.717) is 25.1 Å². The van der Waals surface area contributed by atoms with Gasteiger partial charge in [-0.05, 0) is 59.4 Å². The van der Waals surface area contributed by atoms with Crippen LogP contribution in [0.5, 0.6) is 5.75 Å². The van der Waals surface area contributed by atoms with E-state index in [4.69, 9.17) is 9.84 Å². The maximum atomic E-state index is 13.3. The lowest BCUT2D eigenvalue weighted by Crippen LogP contribution is -2.25. The maximum Gasteiger partial charge on any atom is 0.303 e. The van der Waals surface area contributed by atoms with Crippen LogP contribution in [0.1, 0.15) is 68.6 Å². The molecule has 0 saturated heterocycles. The molecule has 0 spiro atoms. The number of aliphatic carboxylic acids is 1. The van der Waals surface area contributed by atoms with Gasteiger partial charge < -0.3 is 14.7 Å². The summed E-state index contributed by atoms with van der Waals surface area (Å²) in [5.41, 5.74) is 4.53. The zero-order chi connectivity index (χ0) is 27.3. The lowest BCUT2D eigenvalue weighted by molar-refractivity contribution is -0.137. The van der Waals surface area contributed by atoms with E-state index in [1.807, 2.05) is 43.4 Å². The second-order valence-corrected chi connectivity index (χ2v) is 9.75. The summed E-state index contributed by atoms with van der Waals surface area (Å²) in [5, 5.41) is 9.08. The number of carboxylic acids is 1. The van der Waals surface area contributed by atoms with Crippen LogP contribution < -0.4 is 4.74 Å². The fourth-order valence-corrected chi connectivity index (χ4v) is 4.34. The number of unbranched alkanes of at least 4 members (excludes halogenated alkanes) is 4. The Morgan fingerprint density at radius 2 is 1.61 bits per heavy atom. The van der Waals surface area contributed by atoms with Crippen molar-refractivity contribution in [2.45, 2.75) is 71.4 Å². The molecule has 0 aliphatic rings. The molecule has 0 bridgehead atoms. The van der Waals surface area contributed by atoms with Crippen LogP contribution in [0.3, 0.4) is 0 Å². The predicted molar refractivity (Wildman–Crippen MR) is 148 cm³/mol. The summed E-state index contributed by atoms with van der Waals surface area (Å²) in [4.78, 5) is 25.5. The smallest absolute Gasteiger partial charge is 0.303 e. The lowest BCUT2D eigenvalue weighted by Gasteiger charge is -2.19. The standard InChI is InChI=1S/C32H38FNO4/c1-3-4-5-6-7-11-31(35)34(2)22-26-9-8-10-27(20-26)29-18-14-24(15-19-32(36)37)21-30(29)38-23-25-12-16-28(33)17-13-25/h8-10,12-14,16-18,20-21H,3-7,11,15,19,22-23H2,1-2H3,(H,36,37). The Labute approximate surface area is 225 Å². The van der Waals surface area contributed by atoms with Crippen LogP contribution in [0, 0.1) is 5.82 Å². The van der Waals surface area contributed by atoms with Crippen LogP contribution in [-0.2, 0) is 29.2 Å². The Kier molecular flexibility index (Phi) is 11.3. The molecule has 0 aromatic heterocycles. The van der Waals surface area contributed by atoms with Crippen LogP contribution in [0.2, 0.25) is 0 Å². The van der Waals surface area contributed by atoms with Gasteiger partial charge in [-0.25, -0.2) is 4.39 Å². The van der Waals surface area contributed by atoms with Gasteiger partial charge in [0.1, 0.15) is 18.2 Å². The molecular weight excluding hydrogens is 481 g/mol. The highest BCUT2D eigenvalue weighted by molar-refractivity contribution is 5.76. The second kappa shape index (κ2) is 14.9. The Bertz CT molecular complexity index is 1190. The van der Waals surface area contributed by atoms with Gasteiger partial charge >= 0.3 is 5.97 Å². The number of halogens is 1. The van der Waals surface area contributed by atoms with Gasteiger partial charge in [-0.1, -0.05) is 75.1 Å². The van der Waals surface area contributed by atoms with Crippen LogP contribution in [0.4, 0.5) is 4.39 Å². The zero-order valence-electron chi connectivity index (χ0n) is 22.4. The van der Waals surface area contributed by atoms with E-state index in [-0.39, 0.29) is 24.8 Å². The first-order valence-electron chi connectivity index (χ1n) is 13.4. The van der Waals surface area contributed by atoms with Gasteiger partial charge in [0, 0.05) is 32.0 Å². The van der Waals surface area contributed by atoms with Crippen molar-refractivity contribution in [1.29, 1.82) is 0 Å². The number of amides is 1. The summed E-state index contributed by atoms with van der Waals surface area (Å²) in [6, 6.07) is 19.9. The first-order chi connectivity index (χ1) is 18.4. The number of carboxylic acid groups (broad SMARTS) is 1. The third kappa shape index (κ3) is 9.33. The molecule has 0 fully saturated rings. The number of hydrogen-bond donors (Lipinski definition) is 1. The lowest BCUT2D eigenvalue weighted by atomic mass is 9.99. The molecule has 0 radical (unpaired) electrons. The quantitative estimate of drug-likeness (QED) is 0.212. The normalized spacial score (nSPS) is 10.8. The summed E-state index contributed by atoms with van der Waals surface area (Å²) in [6.45, 7) is 2.95. The molecule has 0 unspecified atom stereocenters. The van der Waals surface area contributed by atoms with Gasteiger partial charge in [-0.15, -0.1) is 0 Å². The molecule has 0 aliphatic carbocycles. The molecule has 3 aromatic rings. The van der Waals surface area contributed by atoms with Crippen molar-refractivity contribution >= 4 is 11.9 Å². The Balaban J connectivity index is 1.75.